The quantitative estimate of drug-likeness (QED) is 0.226. The molecule has 0 radical (unpaired) electrons. The molecule has 3 aromatic carbocycles. The van der Waals surface area contributed by atoms with Gasteiger partial charge in [0.1, 0.15) is 5.75 Å². The van der Waals surface area contributed by atoms with E-state index in [9.17, 15) is 13.2 Å². The molecule has 9 nitrogen and oxygen atoms in total. The van der Waals surface area contributed by atoms with E-state index in [2.05, 4.69) is 4.90 Å². The molecule has 0 aliphatic carbocycles. The lowest BCUT2D eigenvalue weighted by Crippen LogP contribution is -2.39. The number of carbonyl (C=O) groups excluding carboxylic acids is 1. The molecule has 0 spiro atoms. The van der Waals surface area contributed by atoms with Crippen LogP contribution in [0.5, 0.6) is 5.75 Å². The molecule has 11 heteroatoms. The van der Waals surface area contributed by atoms with Crippen LogP contribution in [0, 0.1) is 0 Å². The molecule has 1 fully saturated rings. The van der Waals surface area contributed by atoms with E-state index in [1.165, 1.54) is 27.8 Å². The Balaban J connectivity index is 1.37. The molecule has 1 saturated heterocycles. The normalized spacial score (nSPS) is 14.4. The molecule has 0 unspecified atom stereocenters. The number of carbonyl (C=O) groups is 1. The van der Waals surface area contributed by atoms with E-state index < -0.39 is 10.0 Å². The SMILES string of the molecule is CCN(Cc1ccccc1)S(=O)(=O)c1ccc(C(=O)N(CCCN2CCOCC2)c2nc3cc(OC)ccc3s2)cc1. The monoisotopic (exact) mass is 608 g/mol. The average molecular weight is 609 g/mol. The smallest absolute Gasteiger partial charge is 0.260 e. The van der Waals surface area contributed by atoms with Crippen molar-refractivity contribution in [3.8, 4) is 5.75 Å². The first-order valence-electron chi connectivity index (χ1n) is 14.1. The van der Waals surface area contributed by atoms with Gasteiger partial charge in [0, 0.05) is 50.9 Å². The Morgan fingerprint density at radius 1 is 1.05 bits per heavy atom. The molecule has 2 heterocycles. The number of nitrogens with zero attached hydrogens (tertiary/aromatic N) is 4. The molecule has 0 atom stereocenters. The van der Waals surface area contributed by atoms with Crippen molar-refractivity contribution in [2.45, 2.75) is 24.8 Å². The molecule has 0 bridgehead atoms. The van der Waals surface area contributed by atoms with E-state index in [0.717, 1.165) is 55.0 Å². The van der Waals surface area contributed by atoms with Gasteiger partial charge in [-0.2, -0.15) is 4.31 Å². The summed E-state index contributed by atoms with van der Waals surface area (Å²) in [6.45, 7) is 6.95. The van der Waals surface area contributed by atoms with Crippen LogP contribution >= 0.6 is 11.3 Å². The van der Waals surface area contributed by atoms with Crippen LogP contribution in [0.1, 0.15) is 29.3 Å². The van der Waals surface area contributed by atoms with Crippen LogP contribution < -0.4 is 9.64 Å². The second-order valence-corrected chi connectivity index (χ2v) is 13.0. The minimum atomic E-state index is -3.74. The minimum absolute atomic E-state index is 0.155. The van der Waals surface area contributed by atoms with Crippen molar-refractivity contribution in [2.75, 3.05) is 57.9 Å². The fraction of sp³-hybridized carbons (Fsp3) is 0.355. The number of rotatable bonds is 12. The molecule has 222 valence electrons. The van der Waals surface area contributed by atoms with Gasteiger partial charge in [0.25, 0.3) is 5.91 Å². The highest BCUT2D eigenvalue weighted by Gasteiger charge is 2.26. The lowest BCUT2D eigenvalue weighted by atomic mass is 10.2. The number of amides is 1. The maximum absolute atomic E-state index is 13.9. The van der Waals surface area contributed by atoms with Crippen LogP contribution in [-0.2, 0) is 21.3 Å². The average Bonchev–Trinajstić information content (AvgIpc) is 3.45. The van der Waals surface area contributed by atoms with Crippen LogP contribution in [0.4, 0.5) is 5.13 Å². The van der Waals surface area contributed by atoms with Gasteiger partial charge in [0.2, 0.25) is 10.0 Å². The minimum Gasteiger partial charge on any atom is -0.497 e. The van der Waals surface area contributed by atoms with Crippen molar-refractivity contribution in [1.82, 2.24) is 14.2 Å². The number of fused-ring (bicyclic) bond motifs is 1. The summed E-state index contributed by atoms with van der Waals surface area (Å²) in [7, 11) is -2.13. The zero-order valence-electron chi connectivity index (χ0n) is 23.9. The molecule has 0 saturated carbocycles. The van der Waals surface area contributed by atoms with Gasteiger partial charge < -0.3 is 9.47 Å². The molecular weight excluding hydrogens is 572 g/mol. The van der Waals surface area contributed by atoms with Crippen LogP contribution in [0.3, 0.4) is 0 Å². The van der Waals surface area contributed by atoms with Gasteiger partial charge in [0.15, 0.2) is 5.13 Å². The zero-order valence-corrected chi connectivity index (χ0v) is 25.6. The number of hydrogen-bond donors (Lipinski definition) is 0. The number of thiazole rings is 1. The van der Waals surface area contributed by atoms with E-state index in [1.807, 2.05) is 55.5 Å². The van der Waals surface area contributed by atoms with Crippen molar-refractivity contribution in [3.63, 3.8) is 0 Å². The highest BCUT2D eigenvalue weighted by Crippen LogP contribution is 2.32. The summed E-state index contributed by atoms with van der Waals surface area (Å²) in [6.07, 6.45) is 0.766. The standard InChI is InChI=1S/C31H36N4O5S2/c1-3-34(23-24-8-5-4-6-9-24)42(37,38)27-13-10-25(11-14-27)30(36)35(17-7-16-33-18-20-40-21-19-33)31-32-28-22-26(39-2)12-15-29(28)41-31/h4-6,8-15,22H,3,7,16-21,23H2,1-2H3. The van der Waals surface area contributed by atoms with Crippen LogP contribution in [-0.4, -0.2) is 81.6 Å². The molecular formula is C31H36N4O5S2. The molecule has 1 aliphatic rings. The van der Waals surface area contributed by atoms with Gasteiger partial charge in [-0.1, -0.05) is 48.6 Å². The topological polar surface area (TPSA) is 92.3 Å². The highest BCUT2D eigenvalue weighted by atomic mass is 32.2. The maximum atomic E-state index is 13.9. The number of hydrogen-bond acceptors (Lipinski definition) is 8. The summed E-state index contributed by atoms with van der Waals surface area (Å²) in [6, 6.07) is 21.4. The van der Waals surface area contributed by atoms with Gasteiger partial charge in [-0.05, 0) is 48.4 Å². The summed E-state index contributed by atoms with van der Waals surface area (Å²) in [5, 5.41) is 0.599. The first-order valence-corrected chi connectivity index (χ1v) is 16.4. The number of ether oxygens (including phenoxy) is 2. The Hall–Kier alpha value is -3.35. The lowest BCUT2D eigenvalue weighted by molar-refractivity contribution is 0.0376. The van der Waals surface area contributed by atoms with Gasteiger partial charge in [-0.3, -0.25) is 14.6 Å². The maximum Gasteiger partial charge on any atom is 0.260 e. The van der Waals surface area contributed by atoms with E-state index in [4.69, 9.17) is 14.5 Å². The first-order chi connectivity index (χ1) is 20.4. The zero-order chi connectivity index (χ0) is 29.5. The number of benzene rings is 3. The predicted octanol–water partition coefficient (Wildman–Crippen LogP) is 4.88. The highest BCUT2D eigenvalue weighted by molar-refractivity contribution is 7.89. The van der Waals surface area contributed by atoms with Crippen molar-refractivity contribution >= 4 is 42.6 Å². The van der Waals surface area contributed by atoms with Gasteiger partial charge in [-0.15, -0.1) is 0 Å². The number of aromatic nitrogens is 1. The summed E-state index contributed by atoms with van der Waals surface area (Å²) in [5.74, 6) is 0.485. The molecule has 4 aromatic rings. The van der Waals surface area contributed by atoms with E-state index in [1.54, 1.807) is 24.1 Å². The van der Waals surface area contributed by atoms with Crippen molar-refractivity contribution in [2.24, 2.45) is 0 Å². The largest absolute Gasteiger partial charge is 0.497 e. The van der Waals surface area contributed by atoms with Crippen molar-refractivity contribution in [3.05, 3.63) is 83.9 Å². The van der Waals surface area contributed by atoms with Gasteiger partial charge >= 0.3 is 0 Å². The molecule has 42 heavy (non-hydrogen) atoms. The van der Waals surface area contributed by atoms with Crippen molar-refractivity contribution in [1.29, 1.82) is 0 Å². The molecule has 1 aromatic heterocycles. The van der Waals surface area contributed by atoms with Gasteiger partial charge in [0.05, 0.1) is 35.4 Å². The summed E-state index contributed by atoms with van der Waals surface area (Å²) in [5.41, 5.74) is 2.08. The number of methoxy groups -OCH3 is 1. The summed E-state index contributed by atoms with van der Waals surface area (Å²) >= 11 is 1.45. The number of anilines is 1. The summed E-state index contributed by atoms with van der Waals surface area (Å²) in [4.78, 5) is 22.9. The first kappa shape index (κ1) is 30.1. The molecule has 1 aliphatic heterocycles. The van der Waals surface area contributed by atoms with Crippen molar-refractivity contribution < 1.29 is 22.7 Å². The van der Waals surface area contributed by atoms with E-state index in [0.29, 0.717) is 29.5 Å². The van der Waals surface area contributed by atoms with Crippen LogP contribution in [0.2, 0.25) is 0 Å². The van der Waals surface area contributed by atoms with Crippen LogP contribution in [0.25, 0.3) is 10.2 Å². The Bertz CT molecular complexity index is 1590. The number of morpholine rings is 1. The Morgan fingerprint density at radius 2 is 1.79 bits per heavy atom. The third-order valence-corrected chi connectivity index (χ3v) is 10.3. The predicted molar refractivity (Wildman–Crippen MR) is 166 cm³/mol. The Kier molecular flexibility index (Phi) is 9.86. The summed E-state index contributed by atoms with van der Waals surface area (Å²) < 4.78 is 40.1. The second kappa shape index (κ2) is 13.7. The second-order valence-electron chi connectivity index (χ2n) is 10.0. The van der Waals surface area contributed by atoms with E-state index >= 15 is 0 Å². The van der Waals surface area contributed by atoms with Crippen LogP contribution in [0.15, 0.2) is 77.7 Å². The molecule has 0 N–H and O–H groups in total. The van der Waals surface area contributed by atoms with E-state index in [-0.39, 0.29) is 17.3 Å². The lowest BCUT2D eigenvalue weighted by Gasteiger charge is -2.27. The Labute approximate surface area is 251 Å². The molecule has 5 rings (SSSR count). The fourth-order valence-corrected chi connectivity index (χ4v) is 7.33. The fourth-order valence-electron chi connectivity index (χ4n) is 4.93. The Morgan fingerprint density at radius 3 is 2.48 bits per heavy atom. The molecule has 1 amide bonds. The third kappa shape index (κ3) is 6.99. The number of sulfonamides is 1. The van der Waals surface area contributed by atoms with Gasteiger partial charge in [-0.25, -0.2) is 13.4 Å². The third-order valence-electron chi connectivity index (χ3n) is 7.31.